The lowest BCUT2D eigenvalue weighted by Crippen LogP contribution is -2.17. The fraction of sp³-hybridized carbons (Fsp3) is 1.00. The third-order valence-electron chi connectivity index (χ3n) is 3.88. The zero-order valence-electron chi connectivity index (χ0n) is 8.17. The molecule has 3 rings (SSSR count). The van der Waals surface area contributed by atoms with Crippen molar-refractivity contribution in [1.29, 1.82) is 0 Å². The first-order valence-corrected chi connectivity index (χ1v) is 5.74. The van der Waals surface area contributed by atoms with E-state index in [4.69, 9.17) is 4.74 Å². The predicted octanol–water partition coefficient (Wildman–Crippen LogP) is 1.41. The first-order valence-electron chi connectivity index (χ1n) is 5.74. The molecule has 0 spiro atoms. The molecule has 2 atom stereocenters. The molecule has 0 aromatic rings. The summed E-state index contributed by atoms with van der Waals surface area (Å²) in [4.78, 5) is 0. The molecule has 0 amide bonds. The van der Waals surface area contributed by atoms with Crippen LogP contribution in [0.15, 0.2) is 0 Å². The van der Waals surface area contributed by atoms with Crippen LogP contribution in [0.25, 0.3) is 0 Å². The van der Waals surface area contributed by atoms with Gasteiger partial charge < -0.3 is 10.1 Å². The second-order valence-corrected chi connectivity index (χ2v) is 5.05. The topological polar surface area (TPSA) is 21.3 Å². The lowest BCUT2D eigenvalue weighted by Gasteiger charge is -2.12. The highest BCUT2D eigenvalue weighted by Crippen LogP contribution is 2.37. The van der Waals surface area contributed by atoms with Gasteiger partial charge in [0.25, 0.3) is 0 Å². The molecule has 2 nitrogen and oxygen atoms in total. The zero-order chi connectivity index (χ0) is 8.67. The maximum Gasteiger partial charge on any atom is 0.0581 e. The second kappa shape index (κ2) is 3.25. The normalized spacial score (nSPS) is 43.8. The average molecular weight is 181 g/mol. The second-order valence-electron chi connectivity index (χ2n) is 5.05. The molecule has 3 fully saturated rings. The van der Waals surface area contributed by atoms with Gasteiger partial charge in [-0.25, -0.2) is 0 Å². The molecule has 0 radical (unpaired) electrons. The number of nitrogens with one attached hydrogen (secondary N) is 1. The first kappa shape index (κ1) is 8.25. The Morgan fingerprint density at radius 3 is 2.38 bits per heavy atom. The summed E-state index contributed by atoms with van der Waals surface area (Å²) in [6, 6.07) is 0. The lowest BCUT2D eigenvalue weighted by atomic mass is 10.0. The maximum absolute atomic E-state index is 5.94. The summed E-state index contributed by atoms with van der Waals surface area (Å²) in [5, 5.41) is 3.47. The van der Waals surface area contributed by atoms with E-state index in [0.717, 1.165) is 24.4 Å². The molecule has 1 N–H and O–H groups in total. The zero-order valence-corrected chi connectivity index (χ0v) is 8.17. The van der Waals surface area contributed by atoms with Gasteiger partial charge in [0, 0.05) is 6.61 Å². The molecular formula is C11H19NO. The summed E-state index contributed by atoms with van der Waals surface area (Å²) in [7, 11) is 0. The Morgan fingerprint density at radius 1 is 1.08 bits per heavy atom. The van der Waals surface area contributed by atoms with Crippen molar-refractivity contribution in [2.45, 2.75) is 31.8 Å². The van der Waals surface area contributed by atoms with Crippen LogP contribution in [0, 0.1) is 17.8 Å². The van der Waals surface area contributed by atoms with E-state index in [0.29, 0.717) is 6.10 Å². The van der Waals surface area contributed by atoms with Gasteiger partial charge in [-0.1, -0.05) is 0 Å². The van der Waals surface area contributed by atoms with Crippen LogP contribution >= 0.6 is 0 Å². The highest BCUT2D eigenvalue weighted by molar-refractivity contribution is 4.91. The molecule has 2 unspecified atom stereocenters. The van der Waals surface area contributed by atoms with Crippen molar-refractivity contribution < 1.29 is 4.74 Å². The molecule has 2 saturated carbocycles. The average Bonchev–Trinajstić information content (AvgIpc) is 2.71. The van der Waals surface area contributed by atoms with Gasteiger partial charge in [-0.2, -0.15) is 0 Å². The number of rotatable bonds is 3. The van der Waals surface area contributed by atoms with Gasteiger partial charge in [-0.15, -0.1) is 0 Å². The predicted molar refractivity (Wildman–Crippen MR) is 51.5 cm³/mol. The molecule has 0 bridgehead atoms. The van der Waals surface area contributed by atoms with Crippen molar-refractivity contribution in [1.82, 2.24) is 5.32 Å². The van der Waals surface area contributed by atoms with E-state index in [1.807, 2.05) is 0 Å². The molecule has 2 aliphatic carbocycles. The van der Waals surface area contributed by atoms with Crippen LogP contribution in [0.1, 0.15) is 25.7 Å². The van der Waals surface area contributed by atoms with Gasteiger partial charge in [0.05, 0.1) is 6.10 Å². The van der Waals surface area contributed by atoms with Gasteiger partial charge in [-0.3, -0.25) is 0 Å². The van der Waals surface area contributed by atoms with E-state index in [1.165, 1.54) is 38.8 Å². The summed E-state index contributed by atoms with van der Waals surface area (Å²) >= 11 is 0. The van der Waals surface area contributed by atoms with Crippen molar-refractivity contribution in [3.63, 3.8) is 0 Å². The Bertz CT molecular complexity index is 179. The van der Waals surface area contributed by atoms with E-state index < -0.39 is 0 Å². The van der Waals surface area contributed by atoms with Gasteiger partial charge in [0.2, 0.25) is 0 Å². The summed E-state index contributed by atoms with van der Waals surface area (Å²) in [6.45, 7) is 3.54. The molecule has 74 valence electrons. The van der Waals surface area contributed by atoms with E-state index >= 15 is 0 Å². The number of hydrogen-bond acceptors (Lipinski definition) is 2. The van der Waals surface area contributed by atoms with Crippen molar-refractivity contribution in [3.05, 3.63) is 0 Å². The molecule has 1 aliphatic heterocycles. The summed E-state index contributed by atoms with van der Waals surface area (Å²) in [5.74, 6) is 2.80. The highest BCUT2D eigenvalue weighted by atomic mass is 16.5. The lowest BCUT2D eigenvalue weighted by molar-refractivity contribution is 0.0457. The van der Waals surface area contributed by atoms with Crippen LogP contribution in [-0.2, 0) is 4.74 Å². The molecule has 0 aromatic heterocycles. The minimum absolute atomic E-state index is 0.609. The van der Waals surface area contributed by atoms with E-state index in [9.17, 15) is 0 Å². The van der Waals surface area contributed by atoms with Crippen molar-refractivity contribution in [3.8, 4) is 0 Å². The monoisotopic (exact) mass is 181 g/mol. The minimum atomic E-state index is 0.609. The van der Waals surface area contributed by atoms with Gasteiger partial charge in [-0.05, 0) is 56.5 Å². The Balaban J connectivity index is 1.46. The molecule has 1 saturated heterocycles. The van der Waals surface area contributed by atoms with Crippen molar-refractivity contribution >= 4 is 0 Å². The van der Waals surface area contributed by atoms with E-state index in [1.54, 1.807) is 0 Å². The van der Waals surface area contributed by atoms with Crippen LogP contribution in [0.2, 0.25) is 0 Å². The van der Waals surface area contributed by atoms with Crippen molar-refractivity contribution in [2.24, 2.45) is 17.8 Å². The van der Waals surface area contributed by atoms with Crippen LogP contribution < -0.4 is 5.32 Å². The SMILES string of the molecule is C1CC1COC1CC2CNCC2C1. The Labute approximate surface area is 80.0 Å². The highest BCUT2D eigenvalue weighted by Gasteiger charge is 2.38. The third kappa shape index (κ3) is 1.75. The van der Waals surface area contributed by atoms with Crippen LogP contribution in [0.5, 0.6) is 0 Å². The smallest absolute Gasteiger partial charge is 0.0581 e. The largest absolute Gasteiger partial charge is 0.378 e. The number of hydrogen-bond donors (Lipinski definition) is 1. The fourth-order valence-corrected chi connectivity index (χ4v) is 2.80. The summed E-state index contributed by atoms with van der Waals surface area (Å²) in [5.41, 5.74) is 0. The molecular weight excluding hydrogens is 162 g/mol. The molecule has 13 heavy (non-hydrogen) atoms. The molecule has 3 aliphatic rings. The third-order valence-corrected chi connectivity index (χ3v) is 3.88. The van der Waals surface area contributed by atoms with Crippen molar-refractivity contribution in [2.75, 3.05) is 19.7 Å². The fourth-order valence-electron chi connectivity index (χ4n) is 2.80. The van der Waals surface area contributed by atoms with Crippen LogP contribution in [0.3, 0.4) is 0 Å². The summed E-state index contributed by atoms with van der Waals surface area (Å²) in [6.07, 6.45) is 6.09. The van der Waals surface area contributed by atoms with Gasteiger partial charge in [0.15, 0.2) is 0 Å². The van der Waals surface area contributed by atoms with E-state index in [2.05, 4.69) is 5.32 Å². The Morgan fingerprint density at radius 2 is 1.77 bits per heavy atom. The Kier molecular flexibility index (Phi) is 2.06. The first-order chi connectivity index (χ1) is 6.42. The molecule has 2 heteroatoms. The maximum atomic E-state index is 5.94. The standard InChI is InChI=1S/C11H19NO/c1-2-8(1)7-13-11-3-9-5-12-6-10(9)4-11/h8-12H,1-7H2. The molecule has 1 heterocycles. The number of fused-ring (bicyclic) bond motifs is 1. The molecule has 0 aromatic carbocycles. The van der Waals surface area contributed by atoms with Gasteiger partial charge in [0.1, 0.15) is 0 Å². The quantitative estimate of drug-likeness (QED) is 0.711. The van der Waals surface area contributed by atoms with E-state index in [-0.39, 0.29) is 0 Å². The summed E-state index contributed by atoms with van der Waals surface area (Å²) < 4.78 is 5.94. The number of ether oxygens (including phenoxy) is 1. The van der Waals surface area contributed by atoms with Gasteiger partial charge >= 0.3 is 0 Å². The Hall–Kier alpha value is -0.0800. The van der Waals surface area contributed by atoms with Crippen LogP contribution in [0.4, 0.5) is 0 Å². The minimum Gasteiger partial charge on any atom is -0.378 e. The van der Waals surface area contributed by atoms with Crippen LogP contribution in [-0.4, -0.2) is 25.8 Å².